The van der Waals surface area contributed by atoms with Gasteiger partial charge in [0.2, 0.25) is 17.7 Å². The number of aromatic nitrogens is 3. The molecule has 30 heavy (non-hydrogen) atoms. The molecule has 4 heterocycles. The third kappa shape index (κ3) is 2.98. The molecule has 2 bridgehead atoms. The molecule has 156 valence electrons. The number of fused-ring (bicyclic) bond motifs is 2. The molecule has 2 fully saturated rings. The van der Waals surface area contributed by atoms with Gasteiger partial charge in [-0.2, -0.15) is 0 Å². The Morgan fingerprint density at radius 1 is 1.30 bits per heavy atom. The number of nitrogens with one attached hydrogen (secondary N) is 1. The van der Waals surface area contributed by atoms with Gasteiger partial charge in [-0.05, 0) is 43.9 Å². The van der Waals surface area contributed by atoms with E-state index in [0.717, 1.165) is 25.0 Å². The van der Waals surface area contributed by atoms with Crippen molar-refractivity contribution in [2.45, 2.75) is 51.6 Å². The van der Waals surface area contributed by atoms with E-state index in [1.54, 1.807) is 31.4 Å². The maximum Gasteiger partial charge on any atom is 0.323 e. The van der Waals surface area contributed by atoms with Crippen molar-refractivity contribution in [2.75, 3.05) is 5.32 Å². The van der Waals surface area contributed by atoms with Crippen LogP contribution in [0.3, 0.4) is 0 Å². The molecule has 0 radical (unpaired) electrons. The SMILES string of the molecule is Cc1coc(-c2cc(NC(=O)N3[C@H]4C[C@H](C)C[C@]3(c3nnc(C)o3)C4)ccc2Cl)n1. The van der Waals surface area contributed by atoms with Crippen molar-refractivity contribution < 1.29 is 13.6 Å². The number of anilines is 1. The summed E-state index contributed by atoms with van der Waals surface area (Å²) in [6.07, 6.45) is 4.17. The fraction of sp³-hybridized carbons (Fsp3) is 0.429. The van der Waals surface area contributed by atoms with Crippen molar-refractivity contribution in [1.29, 1.82) is 0 Å². The van der Waals surface area contributed by atoms with E-state index in [2.05, 4.69) is 27.4 Å². The molecule has 3 atom stereocenters. The minimum absolute atomic E-state index is 0.155. The molecule has 0 aliphatic carbocycles. The fourth-order valence-electron chi connectivity index (χ4n) is 4.86. The van der Waals surface area contributed by atoms with Crippen LogP contribution in [0.2, 0.25) is 5.02 Å². The normalized spacial score (nSPS) is 25.1. The van der Waals surface area contributed by atoms with Crippen LogP contribution in [-0.4, -0.2) is 32.2 Å². The maximum absolute atomic E-state index is 13.3. The predicted molar refractivity (Wildman–Crippen MR) is 110 cm³/mol. The molecule has 5 rings (SSSR count). The van der Waals surface area contributed by atoms with Crippen molar-refractivity contribution in [2.24, 2.45) is 5.92 Å². The lowest BCUT2D eigenvalue weighted by molar-refractivity contribution is -0.110. The Morgan fingerprint density at radius 3 is 2.83 bits per heavy atom. The van der Waals surface area contributed by atoms with Gasteiger partial charge in [-0.25, -0.2) is 9.78 Å². The average Bonchev–Trinajstić information content (AvgIpc) is 3.31. The highest BCUT2D eigenvalue weighted by atomic mass is 35.5. The second kappa shape index (κ2) is 6.84. The number of oxazole rings is 1. The molecular weight excluding hydrogens is 406 g/mol. The average molecular weight is 428 g/mol. The maximum atomic E-state index is 13.3. The van der Waals surface area contributed by atoms with E-state index in [0.29, 0.717) is 39.9 Å². The third-order valence-electron chi connectivity index (χ3n) is 5.97. The number of piperidine rings is 1. The summed E-state index contributed by atoms with van der Waals surface area (Å²) in [5.41, 5.74) is 1.46. The standard InChI is InChI=1S/C21H22ClN5O3/c1-11-6-15-9-21(8-11,19-26-25-13(3)30-19)27(15)20(28)24-14-4-5-17(22)16(7-14)18-23-12(2)10-29-18/h4-5,7,10-11,15H,6,8-9H2,1-3H3,(H,24,28)/t11-,15-,21+/m0/s1. The van der Waals surface area contributed by atoms with Gasteiger partial charge in [-0.1, -0.05) is 18.5 Å². The molecule has 2 aromatic heterocycles. The van der Waals surface area contributed by atoms with Gasteiger partial charge >= 0.3 is 6.03 Å². The van der Waals surface area contributed by atoms with Crippen LogP contribution >= 0.6 is 11.6 Å². The number of halogens is 1. The van der Waals surface area contributed by atoms with Gasteiger partial charge in [0, 0.05) is 25.1 Å². The molecular formula is C21H22ClN5O3. The van der Waals surface area contributed by atoms with E-state index in [4.69, 9.17) is 20.4 Å². The number of carbonyl (C=O) groups is 1. The summed E-state index contributed by atoms with van der Waals surface area (Å²) in [5.74, 6) is 1.92. The minimum Gasteiger partial charge on any atom is -0.444 e. The fourth-order valence-corrected chi connectivity index (χ4v) is 5.06. The number of nitrogens with zero attached hydrogens (tertiary/aromatic N) is 4. The molecule has 1 aromatic carbocycles. The Morgan fingerprint density at radius 2 is 2.13 bits per heavy atom. The first-order valence-corrected chi connectivity index (χ1v) is 10.4. The van der Waals surface area contributed by atoms with Gasteiger partial charge in [0.05, 0.1) is 16.3 Å². The first-order chi connectivity index (χ1) is 14.4. The van der Waals surface area contributed by atoms with Crippen LogP contribution in [0.5, 0.6) is 0 Å². The van der Waals surface area contributed by atoms with Gasteiger partial charge in [0.15, 0.2) is 0 Å². The minimum atomic E-state index is -0.539. The first-order valence-electron chi connectivity index (χ1n) is 9.99. The monoisotopic (exact) mass is 427 g/mol. The van der Waals surface area contributed by atoms with Gasteiger partial charge in [-0.3, -0.25) is 0 Å². The summed E-state index contributed by atoms with van der Waals surface area (Å²) in [6, 6.07) is 5.23. The van der Waals surface area contributed by atoms with Gasteiger partial charge in [-0.15, -0.1) is 10.2 Å². The molecule has 0 spiro atoms. The number of benzene rings is 1. The van der Waals surface area contributed by atoms with E-state index >= 15 is 0 Å². The highest BCUT2D eigenvalue weighted by Crippen LogP contribution is 2.55. The number of carbonyl (C=O) groups excluding carboxylic acids is 1. The number of rotatable bonds is 3. The second-order valence-electron chi connectivity index (χ2n) is 8.35. The Labute approximate surface area is 178 Å². The van der Waals surface area contributed by atoms with E-state index in [1.165, 1.54) is 0 Å². The highest BCUT2D eigenvalue weighted by Gasteiger charge is 2.62. The van der Waals surface area contributed by atoms with E-state index < -0.39 is 5.54 Å². The number of hydrogen-bond acceptors (Lipinski definition) is 6. The Kier molecular flexibility index (Phi) is 4.36. The molecule has 2 aliphatic rings. The Hall–Kier alpha value is -2.87. The van der Waals surface area contributed by atoms with Crippen molar-refractivity contribution in [1.82, 2.24) is 20.1 Å². The summed E-state index contributed by atoms with van der Waals surface area (Å²) in [6.45, 7) is 5.80. The molecule has 2 saturated heterocycles. The summed E-state index contributed by atoms with van der Waals surface area (Å²) in [7, 11) is 0. The molecule has 2 amide bonds. The quantitative estimate of drug-likeness (QED) is 0.636. The van der Waals surface area contributed by atoms with Crippen LogP contribution in [0, 0.1) is 19.8 Å². The summed E-state index contributed by atoms with van der Waals surface area (Å²) in [5, 5.41) is 11.7. The second-order valence-corrected chi connectivity index (χ2v) is 8.76. The molecule has 0 unspecified atom stereocenters. The van der Waals surface area contributed by atoms with Crippen LogP contribution in [0.15, 0.2) is 33.3 Å². The van der Waals surface area contributed by atoms with Gasteiger partial charge in [0.25, 0.3) is 0 Å². The Bertz CT molecular complexity index is 1130. The first kappa shape index (κ1) is 19.1. The van der Waals surface area contributed by atoms with Gasteiger partial charge in [0.1, 0.15) is 11.8 Å². The van der Waals surface area contributed by atoms with Crippen LogP contribution in [0.25, 0.3) is 11.5 Å². The van der Waals surface area contributed by atoms with E-state index in [1.807, 2.05) is 11.8 Å². The molecule has 2 aliphatic heterocycles. The molecule has 9 heteroatoms. The molecule has 1 N–H and O–H groups in total. The van der Waals surface area contributed by atoms with E-state index in [-0.39, 0.29) is 12.1 Å². The lowest BCUT2D eigenvalue weighted by Crippen LogP contribution is -2.70. The van der Waals surface area contributed by atoms with Crippen LogP contribution < -0.4 is 5.32 Å². The highest BCUT2D eigenvalue weighted by molar-refractivity contribution is 6.33. The Balaban J connectivity index is 1.43. The van der Waals surface area contributed by atoms with Crippen LogP contribution in [-0.2, 0) is 5.54 Å². The number of hydrogen-bond donors (Lipinski definition) is 1. The number of urea groups is 1. The molecule has 8 nitrogen and oxygen atoms in total. The largest absolute Gasteiger partial charge is 0.444 e. The van der Waals surface area contributed by atoms with Crippen molar-refractivity contribution in [3.63, 3.8) is 0 Å². The van der Waals surface area contributed by atoms with Crippen LogP contribution in [0.4, 0.5) is 10.5 Å². The zero-order valence-electron chi connectivity index (χ0n) is 17.0. The van der Waals surface area contributed by atoms with E-state index in [9.17, 15) is 4.79 Å². The number of amides is 2. The van der Waals surface area contributed by atoms with Crippen molar-refractivity contribution >= 4 is 23.3 Å². The topological polar surface area (TPSA) is 97.3 Å². The summed E-state index contributed by atoms with van der Waals surface area (Å²) < 4.78 is 11.2. The summed E-state index contributed by atoms with van der Waals surface area (Å²) in [4.78, 5) is 19.5. The third-order valence-corrected chi connectivity index (χ3v) is 6.30. The zero-order valence-corrected chi connectivity index (χ0v) is 17.7. The van der Waals surface area contributed by atoms with Crippen molar-refractivity contribution in [3.8, 4) is 11.5 Å². The molecule has 3 aromatic rings. The van der Waals surface area contributed by atoms with Gasteiger partial charge < -0.3 is 19.1 Å². The van der Waals surface area contributed by atoms with Crippen molar-refractivity contribution in [3.05, 3.63) is 47.0 Å². The lowest BCUT2D eigenvalue weighted by atomic mass is 9.64. The zero-order chi connectivity index (χ0) is 21.0. The van der Waals surface area contributed by atoms with Crippen LogP contribution in [0.1, 0.15) is 43.7 Å². The lowest BCUT2D eigenvalue weighted by Gasteiger charge is -2.61. The predicted octanol–water partition coefficient (Wildman–Crippen LogP) is 4.93. The smallest absolute Gasteiger partial charge is 0.323 e. The number of aryl methyl sites for hydroxylation is 2. The summed E-state index contributed by atoms with van der Waals surface area (Å²) >= 11 is 6.33. The molecule has 0 saturated carbocycles.